The van der Waals surface area contributed by atoms with Crippen molar-refractivity contribution in [2.24, 2.45) is 0 Å². The Morgan fingerprint density at radius 1 is 1.09 bits per heavy atom. The van der Waals surface area contributed by atoms with Crippen molar-refractivity contribution in [1.29, 1.82) is 0 Å². The van der Waals surface area contributed by atoms with Crippen LogP contribution in [0.4, 0.5) is 0 Å². The van der Waals surface area contributed by atoms with Crippen molar-refractivity contribution in [3.63, 3.8) is 0 Å². The van der Waals surface area contributed by atoms with Crippen LogP contribution in [0.25, 0.3) is 11.1 Å². The molecule has 0 saturated heterocycles. The summed E-state index contributed by atoms with van der Waals surface area (Å²) in [7, 11) is -0.548. The Kier molecular flexibility index (Phi) is 6.14. The molecular formula is C26H27ClN2O4S. The Morgan fingerprint density at radius 3 is 2.56 bits per heavy atom. The Morgan fingerprint density at radius 2 is 1.85 bits per heavy atom. The van der Waals surface area contributed by atoms with Gasteiger partial charge in [-0.2, -0.15) is 0 Å². The van der Waals surface area contributed by atoms with Gasteiger partial charge in [-0.3, -0.25) is 4.98 Å². The number of aromatic nitrogens is 1. The molecule has 2 aromatic carbocycles. The summed E-state index contributed by atoms with van der Waals surface area (Å²) in [5, 5.41) is 0.475. The first-order chi connectivity index (χ1) is 16.3. The van der Waals surface area contributed by atoms with Crippen LogP contribution in [0.1, 0.15) is 36.8 Å². The predicted molar refractivity (Wildman–Crippen MR) is 131 cm³/mol. The number of sulfonamides is 1. The van der Waals surface area contributed by atoms with Crippen molar-refractivity contribution in [1.82, 2.24) is 9.29 Å². The minimum absolute atomic E-state index is 0.193. The Hall–Kier alpha value is -2.45. The fourth-order valence-electron chi connectivity index (χ4n) is 4.00. The van der Waals surface area contributed by atoms with Gasteiger partial charge in [-0.1, -0.05) is 29.8 Å². The van der Waals surface area contributed by atoms with Gasteiger partial charge in [0.2, 0.25) is 10.0 Å². The smallest absolute Gasteiger partial charge is 0.242 e. The van der Waals surface area contributed by atoms with Crippen LogP contribution in [0, 0.1) is 0 Å². The highest BCUT2D eigenvalue weighted by molar-refractivity contribution is 7.89. The van der Waals surface area contributed by atoms with E-state index >= 15 is 0 Å². The second-order valence-corrected chi connectivity index (χ2v) is 11.6. The fourth-order valence-corrected chi connectivity index (χ4v) is 5.13. The number of benzene rings is 2. The van der Waals surface area contributed by atoms with Gasteiger partial charge in [0.15, 0.2) is 0 Å². The van der Waals surface area contributed by atoms with Crippen LogP contribution >= 0.6 is 11.6 Å². The highest BCUT2D eigenvalue weighted by Crippen LogP contribution is 2.53. The first-order valence-corrected chi connectivity index (χ1v) is 13.2. The molecule has 1 heterocycles. The van der Waals surface area contributed by atoms with Crippen molar-refractivity contribution in [2.75, 3.05) is 14.1 Å². The molecule has 1 aromatic heterocycles. The summed E-state index contributed by atoms with van der Waals surface area (Å²) in [6, 6.07) is 14.8. The second-order valence-electron chi connectivity index (χ2n) is 9.06. The van der Waals surface area contributed by atoms with Crippen LogP contribution in [0.3, 0.4) is 0 Å². The first-order valence-electron chi connectivity index (χ1n) is 11.4. The number of halogens is 1. The van der Waals surface area contributed by atoms with Crippen LogP contribution in [-0.4, -0.2) is 37.9 Å². The monoisotopic (exact) mass is 498 g/mol. The van der Waals surface area contributed by atoms with Gasteiger partial charge in [0, 0.05) is 42.6 Å². The second kappa shape index (κ2) is 8.96. The lowest BCUT2D eigenvalue weighted by Crippen LogP contribution is -2.22. The molecule has 0 bridgehead atoms. The molecule has 2 aliphatic carbocycles. The van der Waals surface area contributed by atoms with Crippen LogP contribution in [-0.2, 0) is 27.0 Å². The summed E-state index contributed by atoms with van der Waals surface area (Å²) >= 11 is 6.41. The van der Waals surface area contributed by atoms with E-state index in [0.29, 0.717) is 16.7 Å². The van der Waals surface area contributed by atoms with Gasteiger partial charge in [0.25, 0.3) is 0 Å². The van der Waals surface area contributed by atoms with Crippen LogP contribution < -0.4 is 4.74 Å². The zero-order chi connectivity index (χ0) is 23.9. The molecular weight excluding hydrogens is 472 g/mol. The van der Waals surface area contributed by atoms with E-state index < -0.39 is 15.6 Å². The van der Waals surface area contributed by atoms with E-state index in [1.807, 2.05) is 30.5 Å². The van der Waals surface area contributed by atoms with Crippen molar-refractivity contribution < 1.29 is 17.9 Å². The maximum absolute atomic E-state index is 12.6. The number of hydrogen-bond donors (Lipinski definition) is 0. The van der Waals surface area contributed by atoms with Gasteiger partial charge < -0.3 is 9.47 Å². The molecule has 2 saturated carbocycles. The number of para-hydroxylation sites is 1. The van der Waals surface area contributed by atoms with Crippen LogP contribution in [0.5, 0.6) is 5.75 Å². The highest BCUT2D eigenvalue weighted by Gasteiger charge is 2.47. The third-order valence-electron chi connectivity index (χ3n) is 6.31. The Balaban J connectivity index is 1.43. The molecule has 3 aromatic rings. The lowest BCUT2D eigenvalue weighted by molar-refractivity contribution is 0.0173. The minimum Gasteiger partial charge on any atom is -0.490 e. The van der Waals surface area contributed by atoms with E-state index in [0.717, 1.165) is 48.1 Å². The van der Waals surface area contributed by atoms with E-state index in [2.05, 4.69) is 11.1 Å². The van der Waals surface area contributed by atoms with Gasteiger partial charge in [-0.25, -0.2) is 12.7 Å². The molecule has 2 aliphatic rings. The Bertz CT molecular complexity index is 1320. The summed E-state index contributed by atoms with van der Waals surface area (Å²) in [4.78, 5) is 4.58. The topological polar surface area (TPSA) is 68.7 Å². The average molecular weight is 499 g/mol. The van der Waals surface area contributed by atoms with Crippen LogP contribution in [0.2, 0.25) is 5.02 Å². The van der Waals surface area contributed by atoms with E-state index in [4.69, 9.17) is 21.1 Å². The molecule has 0 aliphatic heterocycles. The number of nitrogens with zero attached hydrogens (tertiary/aromatic N) is 2. The average Bonchev–Trinajstić information content (AvgIpc) is 3.76. The first kappa shape index (κ1) is 23.3. The maximum Gasteiger partial charge on any atom is 0.242 e. The van der Waals surface area contributed by atoms with Gasteiger partial charge in [0.1, 0.15) is 5.75 Å². The zero-order valence-corrected chi connectivity index (χ0v) is 20.8. The van der Waals surface area contributed by atoms with Gasteiger partial charge in [-0.15, -0.1) is 0 Å². The molecule has 0 atom stereocenters. The van der Waals surface area contributed by atoms with Crippen molar-refractivity contribution in [2.45, 2.75) is 48.9 Å². The summed E-state index contributed by atoms with van der Waals surface area (Å²) in [5.74, 6) is 0.873. The van der Waals surface area contributed by atoms with Crippen molar-refractivity contribution in [3.8, 4) is 16.9 Å². The number of ether oxygens (including phenoxy) is 2. The highest BCUT2D eigenvalue weighted by atomic mass is 35.5. The van der Waals surface area contributed by atoms with Gasteiger partial charge in [-0.05, 0) is 67.1 Å². The Labute approximate surface area is 205 Å². The summed E-state index contributed by atoms with van der Waals surface area (Å²) in [6.45, 7) is 0.199. The quantitative estimate of drug-likeness (QED) is 0.395. The van der Waals surface area contributed by atoms with Crippen molar-refractivity contribution >= 4 is 21.6 Å². The molecule has 0 spiro atoms. The van der Waals surface area contributed by atoms with Crippen LogP contribution in [0.15, 0.2) is 65.8 Å². The SMILES string of the molecule is CN(C)S(=O)(=O)c1ccc(Cl)c(COC2(c3cnccc3-c3ccccc3OC3CC3)CC2)c1. The predicted octanol–water partition coefficient (Wildman–Crippen LogP) is 5.40. The van der Waals surface area contributed by atoms with E-state index in [-0.39, 0.29) is 11.5 Å². The largest absolute Gasteiger partial charge is 0.490 e. The normalized spacial score (nSPS) is 17.1. The minimum atomic E-state index is -3.56. The zero-order valence-electron chi connectivity index (χ0n) is 19.2. The third-order valence-corrected chi connectivity index (χ3v) is 8.49. The lowest BCUT2D eigenvalue weighted by Gasteiger charge is -2.22. The molecule has 5 rings (SSSR count). The summed E-state index contributed by atoms with van der Waals surface area (Å²) in [6.07, 6.45) is 7.84. The molecule has 0 unspecified atom stereocenters. The third kappa shape index (κ3) is 4.58. The molecule has 0 amide bonds. The summed E-state index contributed by atoms with van der Waals surface area (Å²) < 4.78 is 38.9. The number of rotatable bonds is 9. The molecule has 34 heavy (non-hydrogen) atoms. The standard InChI is InChI=1S/C26H27ClN2O4S/c1-29(2)34(30,31)20-9-10-24(27)18(15-20)17-32-26(12-13-26)23-16-28-14-11-21(23)22-5-3-4-6-25(22)33-19-7-8-19/h3-6,9-11,14-16,19H,7-8,12-13,17H2,1-2H3. The molecule has 0 N–H and O–H groups in total. The van der Waals surface area contributed by atoms with E-state index in [1.54, 1.807) is 18.3 Å². The molecule has 6 nitrogen and oxygen atoms in total. The molecule has 8 heteroatoms. The summed E-state index contributed by atoms with van der Waals surface area (Å²) in [5.41, 5.74) is 3.22. The van der Waals surface area contributed by atoms with Gasteiger partial charge >= 0.3 is 0 Å². The lowest BCUT2D eigenvalue weighted by atomic mass is 9.96. The maximum atomic E-state index is 12.6. The molecule has 178 valence electrons. The van der Waals surface area contributed by atoms with Gasteiger partial charge in [0.05, 0.1) is 23.2 Å². The number of pyridine rings is 1. The fraction of sp³-hybridized carbons (Fsp3) is 0.346. The van der Waals surface area contributed by atoms with E-state index in [1.165, 1.54) is 24.5 Å². The van der Waals surface area contributed by atoms with Crippen molar-refractivity contribution in [3.05, 3.63) is 77.1 Å². The molecule has 0 radical (unpaired) electrons. The van der Waals surface area contributed by atoms with E-state index in [9.17, 15) is 8.42 Å². The number of hydrogen-bond acceptors (Lipinski definition) is 5. The molecule has 2 fully saturated rings.